The monoisotopic (exact) mass is 380 g/mol. The summed E-state index contributed by atoms with van der Waals surface area (Å²) in [4.78, 5) is 17.8. The lowest BCUT2D eigenvalue weighted by molar-refractivity contribution is 0.0561. The van der Waals surface area contributed by atoms with Crippen LogP contribution in [-0.2, 0) is 17.8 Å². The zero-order valence-corrected chi connectivity index (χ0v) is 16.3. The van der Waals surface area contributed by atoms with Gasteiger partial charge < -0.3 is 9.15 Å². The smallest absolute Gasteiger partial charge is 0.373 e. The Morgan fingerprint density at radius 1 is 1.16 bits per heavy atom. The third-order valence-corrected chi connectivity index (χ3v) is 6.48. The molecule has 0 radical (unpaired) electrons. The number of rotatable bonds is 6. The molecule has 5 nitrogen and oxygen atoms in total. The molecule has 0 saturated carbocycles. The first-order valence-corrected chi connectivity index (χ1v) is 10.5. The van der Waals surface area contributed by atoms with E-state index in [1.807, 2.05) is 29.2 Å². The molecule has 1 aliphatic heterocycles. The fraction of sp³-hybridized carbons (Fsp3) is 0.500. The highest BCUT2D eigenvalue weighted by molar-refractivity contribution is 8.00. The van der Waals surface area contributed by atoms with Crippen LogP contribution in [-0.4, -0.2) is 55.3 Å². The molecule has 0 unspecified atom stereocenters. The van der Waals surface area contributed by atoms with E-state index < -0.39 is 5.97 Å². The molecule has 2 aromatic heterocycles. The number of ether oxygens (including phenoxy) is 1. The molecule has 0 atom stereocenters. The molecule has 136 valence electrons. The number of methoxy groups -OCH3 is 1. The van der Waals surface area contributed by atoms with Gasteiger partial charge in [-0.25, -0.2) is 4.79 Å². The van der Waals surface area contributed by atoms with Crippen molar-refractivity contribution in [2.45, 2.75) is 23.7 Å². The summed E-state index contributed by atoms with van der Waals surface area (Å²) in [5.41, 5.74) is 0. The summed E-state index contributed by atoms with van der Waals surface area (Å²) in [6, 6.07) is 8.01. The number of hydrogen-bond donors (Lipinski definition) is 0. The van der Waals surface area contributed by atoms with Crippen LogP contribution in [0.15, 0.2) is 32.9 Å². The molecule has 2 aromatic rings. The number of thioether (sulfide) groups is 1. The van der Waals surface area contributed by atoms with Gasteiger partial charge >= 0.3 is 5.97 Å². The molecular formula is C18H24N2O3S2. The van der Waals surface area contributed by atoms with E-state index in [9.17, 15) is 4.79 Å². The van der Waals surface area contributed by atoms with Crippen molar-refractivity contribution in [3.05, 3.63) is 40.7 Å². The Labute approximate surface area is 156 Å². The summed E-state index contributed by atoms with van der Waals surface area (Å²) < 4.78 is 11.7. The van der Waals surface area contributed by atoms with Gasteiger partial charge in [-0.3, -0.25) is 9.80 Å². The van der Waals surface area contributed by atoms with Gasteiger partial charge in [-0.1, -0.05) is 0 Å². The number of thiophene rings is 1. The first kappa shape index (κ1) is 18.5. The largest absolute Gasteiger partial charge is 0.463 e. The van der Waals surface area contributed by atoms with Gasteiger partial charge in [0.15, 0.2) is 0 Å². The van der Waals surface area contributed by atoms with Crippen molar-refractivity contribution in [2.24, 2.45) is 0 Å². The lowest BCUT2D eigenvalue weighted by Crippen LogP contribution is -2.30. The highest BCUT2D eigenvalue weighted by Crippen LogP contribution is 2.26. The SMILES string of the molecule is COC(=O)c1ccc(CN2CCCN(Cc3ccc(SC)s3)CC2)o1. The minimum atomic E-state index is -0.422. The second kappa shape index (κ2) is 8.89. The predicted octanol–water partition coefficient (Wildman–Crippen LogP) is 3.56. The van der Waals surface area contributed by atoms with E-state index in [2.05, 4.69) is 32.9 Å². The predicted molar refractivity (Wildman–Crippen MR) is 101 cm³/mol. The maximum Gasteiger partial charge on any atom is 0.373 e. The molecular weight excluding hydrogens is 356 g/mol. The maximum absolute atomic E-state index is 11.5. The van der Waals surface area contributed by atoms with E-state index in [1.54, 1.807) is 6.07 Å². The van der Waals surface area contributed by atoms with Crippen molar-refractivity contribution in [1.29, 1.82) is 0 Å². The van der Waals surface area contributed by atoms with Gasteiger partial charge in [0.2, 0.25) is 5.76 Å². The van der Waals surface area contributed by atoms with Gasteiger partial charge in [0.05, 0.1) is 17.9 Å². The highest BCUT2D eigenvalue weighted by Gasteiger charge is 2.18. The van der Waals surface area contributed by atoms with Gasteiger partial charge in [-0.15, -0.1) is 23.1 Å². The molecule has 0 spiro atoms. The van der Waals surface area contributed by atoms with Crippen LogP contribution in [0.2, 0.25) is 0 Å². The molecule has 3 heterocycles. The first-order chi connectivity index (χ1) is 12.2. The van der Waals surface area contributed by atoms with Crippen molar-refractivity contribution < 1.29 is 13.9 Å². The highest BCUT2D eigenvalue weighted by atomic mass is 32.2. The van der Waals surface area contributed by atoms with Crippen LogP contribution in [0.5, 0.6) is 0 Å². The van der Waals surface area contributed by atoms with Crippen molar-refractivity contribution in [2.75, 3.05) is 39.5 Å². The van der Waals surface area contributed by atoms with E-state index >= 15 is 0 Å². The van der Waals surface area contributed by atoms with Crippen LogP contribution < -0.4 is 0 Å². The van der Waals surface area contributed by atoms with Gasteiger partial charge in [0.25, 0.3) is 0 Å². The van der Waals surface area contributed by atoms with E-state index in [-0.39, 0.29) is 5.76 Å². The Morgan fingerprint density at radius 2 is 1.92 bits per heavy atom. The van der Waals surface area contributed by atoms with Crippen LogP contribution in [0.3, 0.4) is 0 Å². The molecule has 0 bridgehead atoms. The van der Waals surface area contributed by atoms with E-state index in [0.29, 0.717) is 0 Å². The van der Waals surface area contributed by atoms with Crippen molar-refractivity contribution in [3.8, 4) is 0 Å². The van der Waals surface area contributed by atoms with Gasteiger partial charge in [0, 0.05) is 24.5 Å². The molecule has 0 aromatic carbocycles. The standard InChI is InChI=1S/C18H24N2O3S2/c1-22-18(21)16-6-4-14(23-16)12-19-8-3-9-20(11-10-19)13-15-5-7-17(24-2)25-15/h4-7H,3,8-13H2,1-2H3. The number of hydrogen-bond acceptors (Lipinski definition) is 7. The normalized spacial score (nSPS) is 16.7. The molecule has 1 fully saturated rings. The van der Waals surface area contributed by atoms with Crippen molar-refractivity contribution in [1.82, 2.24) is 9.80 Å². The lowest BCUT2D eigenvalue weighted by Gasteiger charge is -2.20. The molecule has 25 heavy (non-hydrogen) atoms. The van der Waals surface area contributed by atoms with E-state index in [1.165, 1.54) is 16.2 Å². The summed E-state index contributed by atoms with van der Waals surface area (Å²) >= 11 is 3.70. The van der Waals surface area contributed by atoms with Gasteiger partial charge in [0.1, 0.15) is 5.76 Å². The Bertz CT molecular complexity index is 698. The second-order valence-electron chi connectivity index (χ2n) is 6.09. The Morgan fingerprint density at radius 3 is 2.60 bits per heavy atom. The molecule has 7 heteroatoms. The first-order valence-electron chi connectivity index (χ1n) is 8.42. The Kier molecular flexibility index (Phi) is 6.58. The number of carbonyl (C=O) groups is 1. The summed E-state index contributed by atoms with van der Waals surface area (Å²) in [6.45, 7) is 6.00. The van der Waals surface area contributed by atoms with Gasteiger partial charge in [-0.2, -0.15) is 0 Å². The number of nitrogens with zero attached hydrogens (tertiary/aromatic N) is 2. The van der Waals surface area contributed by atoms with Gasteiger partial charge in [-0.05, 0) is 50.0 Å². The molecule has 0 N–H and O–H groups in total. The zero-order chi connectivity index (χ0) is 17.6. The third-order valence-electron chi connectivity index (χ3n) is 4.33. The Hall–Kier alpha value is -1.28. The summed E-state index contributed by atoms with van der Waals surface area (Å²) in [5.74, 6) is 0.668. The minimum Gasteiger partial charge on any atom is -0.463 e. The maximum atomic E-state index is 11.5. The third kappa shape index (κ3) is 5.10. The van der Waals surface area contributed by atoms with Crippen LogP contribution in [0, 0.1) is 0 Å². The average Bonchev–Trinajstić information content (AvgIpc) is 3.22. The summed E-state index contributed by atoms with van der Waals surface area (Å²) in [6.07, 6.45) is 3.27. The molecule has 0 aliphatic carbocycles. The number of furan rings is 1. The van der Waals surface area contributed by atoms with Crippen molar-refractivity contribution in [3.63, 3.8) is 0 Å². The topological polar surface area (TPSA) is 45.9 Å². The molecule has 1 saturated heterocycles. The zero-order valence-electron chi connectivity index (χ0n) is 14.7. The van der Waals surface area contributed by atoms with Crippen molar-refractivity contribution >= 4 is 29.1 Å². The van der Waals surface area contributed by atoms with Crippen LogP contribution in [0.4, 0.5) is 0 Å². The van der Waals surface area contributed by atoms with Crippen LogP contribution in [0.25, 0.3) is 0 Å². The second-order valence-corrected chi connectivity index (χ2v) is 8.36. The number of carbonyl (C=O) groups excluding carboxylic acids is 1. The molecule has 0 amide bonds. The minimum absolute atomic E-state index is 0.274. The quantitative estimate of drug-likeness (QED) is 0.564. The average molecular weight is 381 g/mol. The fourth-order valence-corrected chi connectivity index (χ4v) is 4.64. The number of esters is 1. The Balaban J connectivity index is 1.51. The van der Waals surface area contributed by atoms with Crippen LogP contribution >= 0.6 is 23.1 Å². The van der Waals surface area contributed by atoms with E-state index in [0.717, 1.165) is 51.4 Å². The molecule has 3 rings (SSSR count). The molecule has 1 aliphatic rings. The van der Waals surface area contributed by atoms with Crippen LogP contribution in [0.1, 0.15) is 27.6 Å². The van der Waals surface area contributed by atoms with E-state index in [4.69, 9.17) is 4.42 Å². The lowest BCUT2D eigenvalue weighted by atomic mass is 10.3. The summed E-state index contributed by atoms with van der Waals surface area (Å²) in [5, 5.41) is 0. The summed E-state index contributed by atoms with van der Waals surface area (Å²) in [7, 11) is 1.36. The fourth-order valence-electron chi connectivity index (χ4n) is 3.01.